The van der Waals surface area contributed by atoms with Gasteiger partial charge in [-0.05, 0) is 30.7 Å². The summed E-state index contributed by atoms with van der Waals surface area (Å²) >= 11 is 0. The summed E-state index contributed by atoms with van der Waals surface area (Å²) in [5.41, 5.74) is 1.28. The maximum atomic E-state index is 12.7. The molecule has 1 atom stereocenters. The van der Waals surface area contributed by atoms with E-state index in [0.29, 0.717) is 23.1 Å². The van der Waals surface area contributed by atoms with Crippen molar-refractivity contribution in [2.75, 3.05) is 7.11 Å². The predicted molar refractivity (Wildman–Crippen MR) is 94.8 cm³/mol. The molecule has 7 nitrogen and oxygen atoms in total. The van der Waals surface area contributed by atoms with Crippen molar-refractivity contribution in [3.05, 3.63) is 58.1 Å². The molecule has 0 radical (unpaired) electrons. The predicted octanol–water partition coefficient (Wildman–Crippen LogP) is 2.15. The molecular formula is C18H20N4O3. The number of ether oxygens (including phenoxy) is 1. The lowest BCUT2D eigenvalue weighted by Crippen LogP contribution is -2.33. The molecule has 2 aromatic heterocycles. The van der Waals surface area contributed by atoms with Gasteiger partial charge >= 0.3 is 0 Å². The van der Waals surface area contributed by atoms with E-state index in [1.165, 1.54) is 13.3 Å². The fourth-order valence-corrected chi connectivity index (χ4v) is 2.84. The third-order valence-corrected chi connectivity index (χ3v) is 4.26. The van der Waals surface area contributed by atoms with E-state index in [0.717, 1.165) is 5.69 Å². The van der Waals surface area contributed by atoms with Gasteiger partial charge < -0.3 is 15.0 Å². The molecule has 3 rings (SSSR count). The summed E-state index contributed by atoms with van der Waals surface area (Å²) in [7, 11) is 3.35. The van der Waals surface area contributed by atoms with Crippen molar-refractivity contribution in [1.29, 1.82) is 0 Å². The minimum Gasteiger partial charge on any atom is -0.497 e. The van der Waals surface area contributed by atoms with Crippen LogP contribution in [0.2, 0.25) is 0 Å². The standard InChI is InChI=1S/C18H20N4O3/c1-4-14(16-7-8-20-22(16)2)21-18(24)13-10-19-15-6-5-11(25-3)9-12(15)17(13)23/h5-10,14H,4H2,1-3H3,(H,19,23)(H,21,24)/t14-/m1/s1. The number of fused-ring (bicyclic) bond motifs is 1. The highest BCUT2D eigenvalue weighted by molar-refractivity contribution is 5.97. The van der Waals surface area contributed by atoms with E-state index >= 15 is 0 Å². The molecule has 130 valence electrons. The number of methoxy groups -OCH3 is 1. The van der Waals surface area contributed by atoms with E-state index in [2.05, 4.69) is 15.4 Å². The number of carbonyl (C=O) groups excluding carboxylic acids is 1. The summed E-state index contributed by atoms with van der Waals surface area (Å²) in [6.45, 7) is 1.97. The van der Waals surface area contributed by atoms with Gasteiger partial charge in [-0.15, -0.1) is 0 Å². The van der Waals surface area contributed by atoms with Crippen LogP contribution in [0, 0.1) is 0 Å². The Kier molecular flexibility index (Phi) is 4.56. The monoisotopic (exact) mass is 340 g/mol. The Morgan fingerprint density at radius 2 is 2.20 bits per heavy atom. The van der Waals surface area contributed by atoms with Crippen LogP contribution in [0.15, 0.2) is 41.5 Å². The van der Waals surface area contributed by atoms with Gasteiger partial charge in [0.15, 0.2) is 0 Å². The van der Waals surface area contributed by atoms with Gasteiger partial charge in [-0.2, -0.15) is 5.10 Å². The molecule has 0 bridgehead atoms. The molecule has 0 fully saturated rings. The number of aromatic amines is 1. The van der Waals surface area contributed by atoms with Crippen molar-refractivity contribution in [1.82, 2.24) is 20.1 Å². The fourth-order valence-electron chi connectivity index (χ4n) is 2.84. The van der Waals surface area contributed by atoms with Crippen molar-refractivity contribution in [2.24, 2.45) is 7.05 Å². The molecule has 1 amide bonds. The van der Waals surface area contributed by atoms with E-state index in [1.807, 2.05) is 20.0 Å². The number of carbonyl (C=O) groups is 1. The molecule has 0 spiro atoms. The lowest BCUT2D eigenvalue weighted by atomic mass is 10.1. The van der Waals surface area contributed by atoms with Crippen molar-refractivity contribution < 1.29 is 9.53 Å². The topological polar surface area (TPSA) is 89.0 Å². The average molecular weight is 340 g/mol. The second-order valence-corrected chi connectivity index (χ2v) is 5.76. The maximum absolute atomic E-state index is 12.7. The van der Waals surface area contributed by atoms with Gasteiger partial charge in [-0.1, -0.05) is 6.92 Å². The van der Waals surface area contributed by atoms with Crippen molar-refractivity contribution in [3.8, 4) is 5.75 Å². The second-order valence-electron chi connectivity index (χ2n) is 5.76. The van der Waals surface area contributed by atoms with Crippen molar-refractivity contribution in [2.45, 2.75) is 19.4 Å². The van der Waals surface area contributed by atoms with Crippen LogP contribution in [-0.2, 0) is 7.05 Å². The molecule has 3 aromatic rings. The number of aromatic nitrogens is 3. The molecular weight excluding hydrogens is 320 g/mol. The van der Waals surface area contributed by atoms with Crippen molar-refractivity contribution in [3.63, 3.8) is 0 Å². The summed E-state index contributed by atoms with van der Waals surface area (Å²) in [4.78, 5) is 28.4. The van der Waals surface area contributed by atoms with E-state index < -0.39 is 5.91 Å². The lowest BCUT2D eigenvalue weighted by molar-refractivity contribution is 0.0932. The van der Waals surface area contributed by atoms with Gasteiger partial charge in [0, 0.05) is 30.3 Å². The van der Waals surface area contributed by atoms with Crippen LogP contribution in [0.25, 0.3) is 10.9 Å². The number of aryl methyl sites for hydroxylation is 1. The zero-order chi connectivity index (χ0) is 18.0. The SMILES string of the molecule is CC[C@@H](NC(=O)c1c[nH]c2ccc(OC)cc2c1=O)c1ccnn1C. The Hall–Kier alpha value is -3.09. The number of amides is 1. The minimum atomic E-state index is -0.418. The normalized spacial score (nSPS) is 12.1. The van der Waals surface area contributed by atoms with Crippen LogP contribution in [0.5, 0.6) is 5.75 Å². The molecule has 0 aliphatic carbocycles. The number of rotatable bonds is 5. The molecule has 2 N–H and O–H groups in total. The zero-order valence-corrected chi connectivity index (χ0v) is 14.4. The minimum absolute atomic E-state index is 0.0707. The van der Waals surface area contributed by atoms with Gasteiger partial charge in [0.05, 0.1) is 18.8 Å². The van der Waals surface area contributed by atoms with Gasteiger partial charge in [-0.25, -0.2) is 0 Å². The summed E-state index contributed by atoms with van der Waals surface area (Å²) in [6.07, 6.45) is 3.81. The van der Waals surface area contributed by atoms with Crippen LogP contribution >= 0.6 is 0 Å². The van der Waals surface area contributed by atoms with Crippen LogP contribution in [0.4, 0.5) is 0 Å². The summed E-state index contributed by atoms with van der Waals surface area (Å²) in [5.74, 6) is 0.149. The quantitative estimate of drug-likeness (QED) is 0.745. The molecule has 2 heterocycles. The van der Waals surface area contributed by atoms with Gasteiger partial charge in [-0.3, -0.25) is 14.3 Å². The summed E-state index contributed by atoms with van der Waals surface area (Å²) < 4.78 is 6.87. The average Bonchev–Trinajstić information content (AvgIpc) is 3.05. The smallest absolute Gasteiger partial charge is 0.257 e. The fraction of sp³-hybridized carbons (Fsp3) is 0.278. The number of H-pyrrole nitrogens is 1. The lowest BCUT2D eigenvalue weighted by Gasteiger charge is -2.17. The van der Waals surface area contributed by atoms with E-state index in [-0.39, 0.29) is 17.0 Å². The highest BCUT2D eigenvalue weighted by Crippen LogP contribution is 2.18. The van der Waals surface area contributed by atoms with Crippen LogP contribution in [0.1, 0.15) is 35.4 Å². The summed E-state index contributed by atoms with van der Waals surface area (Å²) in [6, 6.07) is 6.77. The van der Waals surface area contributed by atoms with E-state index in [9.17, 15) is 9.59 Å². The Bertz CT molecular complexity index is 974. The second kappa shape index (κ2) is 6.80. The molecule has 0 saturated carbocycles. The molecule has 0 aliphatic rings. The number of nitrogens with zero attached hydrogens (tertiary/aromatic N) is 2. The van der Waals surface area contributed by atoms with E-state index in [1.54, 1.807) is 29.1 Å². The Morgan fingerprint density at radius 3 is 2.84 bits per heavy atom. The number of hydrogen-bond acceptors (Lipinski definition) is 4. The molecule has 0 saturated heterocycles. The number of nitrogens with one attached hydrogen (secondary N) is 2. The third-order valence-electron chi connectivity index (χ3n) is 4.26. The molecule has 0 aliphatic heterocycles. The van der Waals surface area contributed by atoms with E-state index in [4.69, 9.17) is 4.74 Å². The van der Waals surface area contributed by atoms with Crippen LogP contribution in [-0.4, -0.2) is 27.8 Å². The molecule has 0 unspecified atom stereocenters. The third kappa shape index (κ3) is 3.13. The highest BCUT2D eigenvalue weighted by atomic mass is 16.5. The Labute approximate surface area is 144 Å². The molecule has 7 heteroatoms. The van der Waals surface area contributed by atoms with Gasteiger partial charge in [0.2, 0.25) is 5.43 Å². The molecule has 1 aromatic carbocycles. The first kappa shape index (κ1) is 16.8. The van der Waals surface area contributed by atoms with Gasteiger partial charge in [0.1, 0.15) is 11.3 Å². The highest BCUT2D eigenvalue weighted by Gasteiger charge is 2.19. The first-order chi connectivity index (χ1) is 12.0. The van der Waals surface area contributed by atoms with Crippen LogP contribution < -0.4 is 15.5 Å². The Balaban J connectivity index is 1.95. The van der Waals surface area contributed by atoms with Crippen molar-refractivity contribution >= 4 is 16.8 Å². The van der Waals surface area contributed by atoms with Crippen LogP contribution in [0.3, 0.4) is 0 Å². The number of hydrogen-bond donors (Lipinski definition) is 2. The maximum Gasteiger partial charge on any atom is 0.257 e. The van der Waals surface area contributed by atoms with Gasteiger partial charge in [0.25, 0.3) is 5.91 Å². The largest absolute Gasteiger partial charge is 0.497 e. The number of pyridine rings is 1. The number of benzene rings is 1. The molecule has 25 heavy (non-hydrogen) atoms. The first-order valence-corrected chi connectivity index (χ1v) is 8.03. The summed E-state index contributed by atoms with van der Waals surface area (Å²) in [5, 5.41) is 7.45. The Morgan fingerprint density at radius 1 is 1.40 bits per heavy atom. The zero-order valence-electron chi connectivity index (χ0n) is 14.4. The first-order valence-electron chi connectivity index (χ1n) is 8.03.